The van der Waals surface area contributed by atoms with Crippen LogP contribution < -0.4 is 4.90 Å². The third kappa shape index (κ3) is 6.02. The zero-order chi connectivity index (χ0) is 28.8. The summed E-state index contributed by atoms with van der Waals surface area (Å²) >= 11 is 6.01. The number of nitrogens with zero attached hydrogens (tertiary/aromatic N) is 1. The molecule has 0 aliphatic carbocycles. The highest BCUT2D eigenvalue weighted by molar-refractivity contribution is 6.40. The smallest absolute Gasteiger partial charge is 0.339 e. The van der Waals surface area contributed by atoms with Crippen LogP contribution in [0.5, 0.6) is 0 Å². The van der Waals surface area contributed by atoms with E-state index in [0.29, 0.717) is 10.7 Å². The van der Waals surface area contributed by atoms with Crippen molar-refractivity contribution in [2.75, 3.05) is 18.1 Å². The normalized spacial score (nSPS) is 14.1. The van der Waals surface area contributed by atoms with E-state index in [2.05, 4.69) is 0 Å². The summed E-state index contributed by atoms with van der Waals surface area (Å²) in [5.74, 6) is -4.01. The minimum atomic E-state index is -1.02. The van der Waals surface area contributed by atoms with E-state index in [1.165, 1.54) is 41.3 Å². The van der Waals surface area contributed by atoms with Crippen LogP contribution in [0, 0.1) is 5.82 Å². The fourth-order valence-corrected chi connectivity index (χ4v) is 4.45. The molecule has 0 atom stereocenters. The maximum atomic E-state index is 14.6. The topological polar surface area (TPSA) is 90.0 Å². The van der Waals surface area contributed by atoms with E-state index in [0.717, 1.165) is 17.7 Å². The number of hydrogen-bond donors (Lipinski definition) is 0. The Balaban J connectivity index is 2.03. The van der Waals surface area contributed by atoms with Crippen molar-refractivity contribution < 1.29 is 33.0 Å². The number of fused-ring (bicyclic) bond motifs is 1. The second-order valence-corrected chi connectivity index (χ2v) is 9.09. The van der Waals surface area contributed by atoms with Gasteiger partial charge in [0.2, 0.25) is 0 Å². The number of esters is 2. The molecule has 204 valence electrons. The number of carbonyl (C=O) groups excluding carboxylic acids is 4. The monoisotopic (exact) mass is 561 g/mol. The largest absolute Gasteiger partial charge is 0.463 e. The molecule has 3 aromatic rings. The standard InChI is InChI=1S/C31H25ClFNO6/c1-3-39-26(35)17-24(31(38)40-4-2)27(29(36)20-10-12-21(32)13-11-20)28-23-16-22(33)14-15-25(23)34(30(28)37)18-19-8-6-5-7-9-19/h5-17H,3-4,18H2,1-2H3/b24-17+,28-27+. The van der Waals surface area contributed by atoms with Crippen molar-refractivity contribution in [3.05, 3.63) is 118 Å². The van der Waals surface area contributed by atoms with Gasteiger partial charge in [0.15, 0.2) is 5.78 Å². The maximum absolute atomic E-state index is 14.6. The van der Waals surface area contributed by atoms with E-state index in [1.54, 1.807) is 13.8 Å². The number of carbonyl (C=O) groups is 4. The Kier molecular flexibility index (Phi) is 8.91. The summed E-state index contributed by atoms with van der Waals surface area (Å²) in [5, 5.41) is 0.358. The lowest BCUT2D eigenvalue weighted by Crippen LogP contribution is -2.27. The summed E-state index contributed by atoms with van der Waals surface area (Å²) in [7, 11) is 0. The molecule has 4 rings (SSSR count). The molecule has 0 unspecified atom stereocenters. The highest BCUT2D eigenvalue weighted by Gasteiger charge is 2.39. The number of benzene rings is 3. The van der Waals surface area contributed by atoms with E-state index >= 15 is 0 Å². The number of hydrogen-bond acceptors (Lipinski definition) is 6. The van der Waals surface area contributed by atoms with Gasteiger partial charge in [-0.2, -0.15) is 0 Å². The predicted molar refractivity (Wildman–Crippen MR) is 148 cm³/mol. The first-order valence-electron chi connectivity index (χ1n) is 12.5. The Bertz CT molecular complexity index is 1530. The number of Topliss-reactive ketones (excluding diaryl/α,β-unsaturated/α-hetero) is 1. The van der Waals surface area contributed by atoms with Crippen LogP contribution in [0.1, 0.15) is 35.3 Å². The average molecular weight is 562 g/mol. The Morgan fingerprint density at radius 2 is 1.60 bits per heavy atom. The summed E-state index contributed by atoms with van der Waals surface area (Å²) in [5.41, 5.74) is 0.155. The van der Waals surface area contributed by atoms with E-state index < -0.39 is 40.6 Å². The van der Waals surface area contributed by atoms with Gasteiger partial charge in [0.05, 0.1) is 42.2 Å². The summed E-state index contributed by atoms with van der Waals surface area (Å²) < 4.78 is 24.8. The van der Waals surface area contributed by atoms with Crippen molar-refractivity contribution in [3.8, 4) is 0 Å². The molecular weight excluding hydrogens is 537 g/mol. The quantitative estimate of drug-likeness (QED) is 0.189. The second kappa shape index (κ2) is 12.5. The minimum absolute atomic E-state index is 0.000300. The van der Waals surface area contributed by atoms with E-state index in [4.69, 9.17) is 21.1 Å². The van der Waals surface area contributed by atoms with Crippen LogP contribution >= 0.6 is 11.6 Å². The zero-order valence-corrected chi connectivity index (χ0v) is 22.5. The Morgan fingerprint density at radius 3 is 2.25 bits per heavy atom. The van der Waals surface area contributed by atoms with Crippen LogP contribution in [0.4, 0.5) is 10.1 Å². The van der Waals surface area contributed by atoms with Crippen LogP contribution in [0.2, 0.25) is 5.02 Å². The van der Waals surface area contributed by atoms with Crippen molar-refractivity contribution >= 4 is 46.5 Å². The Hall–Kier alpha value is -4.56. The fraction of sp³-hybridized carbons (Fsp3) is 0.161. The molecule has 0 spiro atoms. The van der Waals surface area contributed by atoms with Crippen molar-refractivity contribution in [2.24, 2.45) is 0 Å². The predicted octanol–water partition coefficient (Wildman–Crippen LogP) is 5.72. The second-order valence-electron chi connectivity index (χ2n) is 8.65. The van der Waals surface area contributed by atoms with E-state index in [-0.39, 0.29) is 36.5 Å². The lowest BCUT2D eigenvalue weighted by Gasteiger charge is -2.18. The SMILES string of the molecule is CCOC(=O)/C=C(C(=O)OCC)\C(C(=O)c1ccc(Cl)cc1)=C1/C(=O)N(Cc2ccccc2)c2ccc(F)cc21. The molecule has 0 bridgehead atoms. The minimum Gasteiger partial charge on any atom is -0.463 e. The van der Waals surface area contributed by atoms with Crippen molar-refractivity contribution in [2.45, 2.75) is 20.4 Å². The van der Waals surface area contributed by atoms with Gasteiger partial charge in [-0.25, -0.2) is 14.0 Å². The van der Waals surface area contributed by atoms with Gasteiger partial charge in [0, 0.05) is 22.2 Å². The summed E-state index contributed by atoms with van der Waals surface area (Å²) in [4.78, 5) is 55.3. The first-order chi connectivity index (χ1) is 19.2. The fourth-order valence-electron chi connectivity index (χ4n) is 4.33. The van der Waals surface area contributed by atoms with Crippen molar-refractivity contribution in [1.82, 2.24) is 0 Å². The maximum Gasteiger partial charge on any atom is 0.339 e. The molecule has 0 radical (unpaired) electrons. The molecule has 0 saturated heterocycles. The van der Waals surface area contributed by atoms with Gasteiger partial charge in [0.1, 0.15) is 5.82 Å². The molecule has 0 saturated carbocycles. The third-order valence-electron chi connectivity index (χ3n) is 6.06. The van der Waals surface area contributed by atoms with E-state index in [1.807, 2.05) is 30.3 Å². The van der Waals surface area contributed by atoms with Gasteiger partial charge >= 0.3 is 11.9 Å². The van der Waals surface area contributed by atoms with Gasteiger partial charge in [-0.1, -0.05) is 41.9 Å². The van der Waals surface area contributed by atoms with Crippen LogP contribution in [-0.2, 0) is 30.4 Å². The molecule has 0 aromatic heterocycles. The average Bonchev–Trinajstić information content (AvgIpc) is 3.19. The summed E-state index contributed by atoms with van der Waals surface area (Å²) in [6.45, 7) is 3.17. The number of ether oxygens (including phenoxy) is 2. The molecule has 1 amide bonds. The zero-order valence-electron chi connectivity index (χ0n) is 21.8. The molecule has 1 heterocycles. The highest BCUT2D eigenvalue weighted by Crippen LogP contribution is 2.42. The molecule has 3 aromatic carbocycles. The molecule has 1 aliphatic heterocycles. The molecule has 0 N–H and O–H groups in total. The molecule has 7 nitrogen and oxygen atoms in total. The lowest BCUT2D eigenvalue weighted by atomic mass is 9.89. The Labute approximate surface area is 235 Å². The number of ketones is 1. The van der Waals surface area contributed by atoms with E-state index in [9.17, 15) is 23.6 Å². The van der Waals surface area contributed by atoms with Crippen LogP contribution in [0.3, 0.4) is 0 Å². The van der Waals surface area contributed by atoms with Gasteiger partial charge in [-0.15, -0.1) is 0 Å². The van der Waals surface area contributed by atoms with Crippen molar-refractivity contribution in [3.63, 3.8) is 0 Å². The highest BCUT2D eigenvalue weighted by atomic mass is 35.5. The van der Waals surface area contributed by atoms with Crippen molar-refractivity contribution in [1.29, 1.82) is 0 Å². The number of amides is 1. The summed E-state index contributed by atoms with van der Waals surface area (Å²) in [6, 6.07) is 18.7. The van der Waals surface area contributed by atoms with Gasteiger partial charge < -0.3 is 14.4 Å². The van der Waals surface area contributed by atoms with Crippen LogP contribution in [-0.4, -0.2) is 36.8 Å². The third-order valence-corrected chi connectivity index (χ3v) is 6.31. The molecule has 40 heavy (non-hydrogen) atoms. The summed E-state index contributed by atoms with van der Waals surface area (Å²) in [6.07, 6.45) is 0.823. The molecule has 0 fully saturated rings. The lowest BCUT2D eigenvalue weighted by molar-refractivity contribution is -0.140. The van der Waals surface area contributed by atoms with Gasteiger partial charge in [-0.3, -0.25) is 9.59 Å². The van der Waals surface area contributed by atoms with Crippen LogP contribution in [0.15, 0.2) is 90.0 Å². The first kappa shape index (κ1) is 28.4. The molecular formula is C31H25ClFNO6. The van der Waals surface area contributed by atoms with Gasteiger partial charge in [-0.05, 0) is 61.9 Å². The molecule has 9 heteroatoms. The first-order valence-corrected chi connectivity index (χ1v) is 12.9. The number of rotatable bonds is 9. The Morgan fingerprint density at radius 1 is 0.925 bits per heavy atom. The van der Waals surface area contributed by atoms with Gasteiger partial charge in [0.25, 0.3) is 5.91 Å². The molecule has 1 aliphatic rings. The van der Waals surface area contributed by atoms with Crippen LogP contribution in [0.25, 0.3) is 5.57 Å². The number of halogens is 2. The number of anilines is 1.